The van der Waals surface area contributed by atoms with Crippen LogP contribution in [0.15, 0.2) is 18.2 Å². The molecule has 1 aromatic carbocycles. The Labute approximate surface area is 125 Å². The fraction of sp³-hybridized carbons (Fsp3) is 0.500. The van der Waals surface area contributed by atoms with Gasteiger partial charge in [0.25, 0.3) is 0 Å². The second kappa shape index (κ2) is 7.05. The number of nitrogens with zero attached hydrogens (tertiary/aromatic N) is 1. The summed E-state index contributed by atoms with van der Waals surface area (Å²) in [6.45, 7) is 0.347. The van der Waals surface area contributed by atoms with Gasteiger partial charge in [-0.2, -0.15) is 0 Å². The lowest BCUT2D eigenvalue weighted by Crippen LogP contribution is -2.30. The highest BCUT2D eigenvalue weighted by Gasteiger charge is 2.38. The van der Waals surface area contributed by atoms with Crippen molar-refractivity contribution >= 4 is 28.5 Å². The molecule has 2 rings (SSSR count). The maximum Gasteiger partial charge on any atom is 0.495 e. The Morgan fingerprint density at radius 3 is 3.05 bits per heavy atom. The average molecular weight is 344 g/mol. The fourth-order valence-electron chi connectivity index (χ4n) is 2.21. The molecule has 1 aromatic rings. The summed E-state index contributed by atoms with van der Waals surface area (Å²) in [7, 11) is -1.08. The highest BCUT2D eigenvalue weighted by atomic mass is 79.9. The molecule has 0 fully saturated rings. The normalized spacial score (nSPS) is 17.1. The summed E-state index contributed by atoms with van der Waals surface area (Å²) >= 11 is 3.32. The van der Waals surface area contributed by atoms with Gasteiger partial charge in [0.1, 0.15) is 5.75 Å². The monoisotopic (exact) mass is 343 g/mol. The van der Waals surface area contributed by atoms with Gasteiger partial charge in [-0.05, 0) is 18.1 Å². The summed E-state index contributed by atoms with van der Waals surface area (Å²) < 4.78 is 11.0. The summed E-state index contributed by atoms with van der Waals surface area (Å²) in [4.78, 5) is 10.1. The van der Waals surface area contributed by atoms with E-state index >= 15 is 0 Å². The molecule has 1 N–H and O–H groups in total. The Balaban J connectivity index is 2.13. The summed E-state index contributed by atoms with van der Waals surface area (Å²) in [5.74, 6) is 0.583. The zero-order chi connectivity index (χ0) is 14.5. The van der Waals surface area contributed by atoms with Gasteiger partial charge in [0, 0.05) is 22.1 Å². The van der Waals surface area contributed by atoms with E-state index in [0.717, 1.165) is 17.3 Å². The quantitative estimate of drug-likeness (QED) is 0.265. The minimum atomic E-state index is -1.08. The molecule has 6 nitrogen and oxygen atoms in total. The number of benzene rings is 1. The van der Waals surface area contributed by atoms with Gasteiger partial charge in [-0.15, -0.1) is 0 Å². The van der Waals surface area contributed by atoms with Crippen LogP contribution in [-0.4, -0.2) is 35.5 Å². The van der Waals surface area contributed by atoms with E-state index in [-0.39, 0.29) is 17.9 Å². The Morgan fingerprint density at radius 1 is 1.55 bits per heavy atom. The summed E-state index contributed by atoms with van der Waals surface area (Å²) in [6.07, 6.45) is 0.637. The molecule has 0 saturated heterocycles. The highest BCUT2D eigenvalue weighted by Crippen LogP contribution is 2.30. The largest absolute Gasteiger partial charge is 0.495 e. The number of nitro groups is 1. The maximum atomic E-state index is 10.4. The molecule has 0 spiro atoms. The van der Waals surface area contributed by atoms with Gasteiger partial charge in [0.05, 0.1) is 12.7 Å². The first-order chi connectivity index (χ1) is 9.63. The summed E-state index contributed by atoms with van der Waals surface area (Å²) in [5, 5.41) is 21.3. The predicted octanol–water partition coefficient (Wildman–Crippen LogP) is 1.28. The highest BCUT2D eigenvalue weighted by molar-refractivity contribution is 9.09. The number of fused-ring (bicyclic) bond motifs is 1. The van der Waals surface area contributed by atoms with Crippen LogP contribution in [0.4, 0.5) is 0 Å². The van der Waals surface area contributed by atoms with Crippen LogP contribution in [0.1, 0.15) is 24.5 Å². The number of halogens is 1. The second-order valence-electron chi connectivity index (χ2n) is 4.47. The standard InChI is InChI=1S/C12H15BBrNO5/c14-6-2-8-19-11-4-1-3-9-10(5-7-15(17)18)20-13(16)12(9)11/h1,3-4,10,16H,2,5-8H2. The molecule has 0 saturated carbocycles. The molecular weight excluding hydrogens is 329 g/mol. The van der Waals surface area contributed by atoms with Crippen molar-refractivity contribution < 1.29 is 19.3 Å². The third kappa shape index (κ3) is 3.50. The van der Waals surface area contributed by atoms with Gasteiger partial charge in [0.15, 0.2) is 0 Å². The lowest BCUT2D eigenvalue weighted by Gasteiger charge is -2.11. The molecule has 1 aliphatic heterocycles. The van der Waals surface area contributed by atoms with Crippen molar-refractivity contribution in [1.29, 1.82) is 0 Å². The van der Waals surface area contributed by atoms with Crippen LogP contribution in [0.2, 0.25) is 0 Å². The third-order valence-electron chi connectivity index (χ3n) is 3.10. The number of ether oxygens (including phenoxy) is 1. The predicted molar refractivity (Wildman–Crippen MR) is 78.3 cm³/mol. The Bertz CT molecular complexity index is 487. The van der Waals surface area contributed by atoms with E-state index in [1.165, 1.54) is 0 Å². The first-order valence-corrected chi connectivity index (χ1v) is 7.52. The van der Waals surface area contributed by atoms with Gasteiger partial charge in [-0.1, -0.05) is 28.1 Å². The topological polar surface area (TPSA) is 81.8 Å². The first-order valence-electron chi connectivity index (χ1n) is 6.40. The molecule has 1 aliphatic rings. The van der Waals surface area contributed by atoms with E-state index in [9.17, 15) is 15.1 Å². The Morgan fingerprint density at radius 2 is 2.35 bits per heavy atom. The van der Waals surface area contributed by atoms with Crippen molar-refractivity contribution in [3.8, 4) is 5.75 Å². The molecule has 1 heterocycles. The number of alkyl halides is 1. The zero-order valence-corrected chi connectivity index (χ0v) is 12.4. The smallest absolute Gasteiger partial charge is 0.494 e. The third-order valence-corrected chi connectivity index (χ3v) is 3.66. The van der Waals surface area contributed by atoms with E-state index in [2.05, 4.69) is 15.9 Å². The van der Waals surface area contributed by atoms with Gasteiger partial charge >= 0.3 is 7.12 Å². The zero-order valence-electron chi connectivity index (χ0n) is 10.8. The minimum Gasteiger partial charge on any atom is -0.494 e. The van der Waals surface area contributed by atoms with Crippen LogP contribution < -0.4 is 10.2 Å². The van der Waals surface area contributed by atoms with Crippen molar-refractivity contribution in [3.05, 3.63) is 33.9 Å². The summed E-state index contributed by atoms with van der Waals surface area (Å²) in [6, 6.07) is 5.39. The van der Waals surface area contributed by atoms with Gasteiger partial charge < -0.3 is 14.4 Å². The van der Waals surface area contributed by atoms with Crippen LogP contribution in [0.25, 0.3) is 0 Å². The average Bonchev–Trinajstić information content (AvgIpc) is 2.74. The molecule has 0 aromatic heterocycles. The van der Waals surface area contributed by atoms with Crippen molar-refractivity contribution in [3.63, 3.8) is 0 Å². The van der Waals surface area contributed by atoms with Crippen LogP contribution in [0.5, 0.6) is 5.75 Å². The van der Waals surface area contributed by atoms with Gasteiger partial charge in [0.2, 0.25) is 6.54 Å². The van der Waals surface area contributed by atoms with Crippen LogP contribution in [0, 0.1) is 10.1 Å². The van der Waals surface area contributed by atoms with E-state index in [1.807, 2.05) is 12.1 Å². The number of rotatable bonds is 7. The molecular formula is C12H15BBrNO5. The van der Waals surface area contributed by atoms with Crippen molar-refractivity contribution in [2.24, 2.45) is 0 Å². The molecule has 0 bridgehead atoms. The SMILES string of the molecule is O=[N+]([O-])CCC1OB(O)c2c(OCCCBr)cccc21. The Kier molecular flexibility index (Phi) is 5.39. The van der Waals surface area contributed by atoms with Crippen LogP contribution >= 0.6 is 15.9 Å². The van der Waals surface area contributed by atoms with E-state index < -0.39 is 13.2 Å². The lowest BCUT2D eigenvalue weighted by molar-refractivity contribution is -0.482. The van der Waals surface area contributed by atoms with Crippen molar-refractivity contribution in [2.75, 3.05) is 18.5 Å². The minimum absolute atomic E-state index is 0.189. The van der Waals surface area contributed by atoms with E-state index in [4.69, 9.17) is 9.39 Å². The van der Waals surface area contributed by atoms with Crippen LogP contribution in [-0.2, 0) is 4.65 Å². The molecule has 108 valence electrons. The molecule has 0 radical (unpaired) electrons. The summed E-state index contributed by atoms with van der Waals surface area (Å²) in [5.41, 5.74) is 1.37. The van der Waals surface area contributed by atoms with Crippen molar-refractivity contribution in [2.45, 2.75) is 18.9 Å². The van der Waals surface area contributed by atoms with E-state index in [1.54, 1.807) is 6.07 Å². The fourth-order valence-corrected chi connectivity index (χ4v) is 2.44. The van der Waals surface area contributed by atoms with Gasteiger partial charge in [-0.25, -0.2) is 0 Å². The first kappa shape index (κ1) is 15.3. The van der Waals surface area contributed by atoms with Crippen LogP contribution in [0.3, 0.4) is 0 Å². The van der Waals surface area contributed by atoms with Crippen molar-refractivity contribution in [1.82, 2.24) is 0 Å². The molecule has 8 heteroatoms. The second-order valence-corrected chi connectivity index (χ2v) is 5.27. The lowest BCUT2D eigenvalue weighted by atomic mass is 9.78. The van der Waals surface area contributed by atoms with E-state index in [0.29, 0.717) is 17.8 Å². The molecule has 0 aliphatic carbocycles. The van der Waals surface area contributed by atoms with Gasteiger partial charge in [-0.3, -0.25) is 10.1 Å². The molecule has 0 amide bonds. The number of hydrogen-bond acceptors (Lipinski definition) is 5. The molecule has 1 atom stereocenters. The molecule has 1 unspecified atom stereocenters. The maximum absolute atomic E-state index is 10.4. The molecule has 20 heavy (non-hydrogen) atoms. The Hall–Kier alpha value is -1.12. The number of hydrogen-bond donors (Lipinski definition) is 1.